The molecule has 1 fully saturated rings. The lowest BCUT2D eigenvalue weighted by Crippen LogP contribution is -2.44. The van der Waals surface area contributed by atoms with Gasteiger partial charge in [-0.2, -0.15) is 0 Å². The van der Waals surface area contributed by atoms with Gasteiger partial charge >= 0.3 is 0 Å². The van der Waals surface area contributed by atoms with E-state index in [4.69, 9.17) is 16.6 Å². The molecule has 1 aliphatic rings. The van der Waals surface area contributed by atoms with Crippen molar-refractivity contribution < 1.29 is 9.90 Å². The summed E-state index contributed by atoms with van der Waals surface area (Å²) in [6.07, 6.45) is 1.61. The first-order chi connectivity index (χ1) is 17.4. The maximum absolute atomic E-state index is 11.7. The van der Waals surface area contributed by atoms with E-state index in [1.165, 1.54) is 0 Å². The van der Waals surface area contributed by atoms with E-state index >= 15 is 0 Å². The summed E-state index contributed by atoms with van der Waals surface area (Å²) in [4.78, 5) is 22.4. The Morgan fingerprint density at radius 2 is 1.78 bits per heavy atom. The van der Waals surface area contributed by atoms with Crippen LogP contribution < -0.4 is 15.1 Å². The molecule has 0 saturated carbocycles. The zero-order valence-electron chi connectivity index (χ0n) is 21.2. The molecule has 0 bridgehead atoms. The number of nitrogens with one attached hydrogen (secondary N) is 1. The second kappa shape index (κ2) is 11.7. The molecule has 7 nitrogen and oxygen atoms in total. The number of aryl methyl sites for hydroxylation is 1. The maximum atomic E-state index is 11.7. The second-order valence-electron chi connectivity index (χ2n) is 9.27. The van der Waals surface area contributed by atoms with E-state index in [1.54, 1.807) is 11.0 Å². The number of piperazine rings is 1. The fourth-order valence-electron chi connectivity index (χ4n) is 4.42. The maximum Gasteiger partial charge on any atom is 0.214 e. The third-order valence-corrected chi connectivity index (χ3v) is 6.80. The lowest BCUT2D eigenvalue weighted by Gasteiger charge is -2.29. The van der Waals surface area contributed by atoms with Gasteiger partial charge in [0.15, 0.2) is 0 Å². The largest absolute Gasteiger partial charge is 0.507 e. The van der Waals surface area contributed by atoms with E-state index in [-0.39, 0.29) is 5.75 Å². The van der Waals surface area contributed by atoms with Crippen molar-refractivity contribution in [3.63, 3.8) is 0 Å². The molecule has 1 aromatic heterocycles. The molecule has 0 radical (unpaired) electrons. The molecule has 8 heteroatoms. The average molecular weight is 508 g/mol. The number of phenolic OH excluding ortho intramolecular Hbond substituents is 1. The van der Waals surface area contributed by atoms with Crippen molar-refractivity contribution in [2.45, 2.75) is 13.3 Å². The summed E-state index contributed by atoms with van der Waals surface area (Å²) < 4.78 is 0. The number of anilines is 2. The lowest BCUT2D eigenvalue weighted by molar-refractivity contribution is -0.107. The van der Waals surface area contributed by atoms with E-state index < -0.39 is 0 Å². The predicted octanol–water partition coefficient (Wildman–Crippen LogP) is 4.27. The summed E-state index contributed by atoms with van der Waals surface area (Å²) in [6, 6.07) is 15.4. The van der Waals surface area contributed by atoms with Gasteiger partial charge in [0.05, 0.1) is 10.7 Å². The lowest BCUT2D eigenvalue weighted by atomic mass is 9.96. The average Bonchev–Trinajstić information content (AvgIpc) is 2.90. The molecule has 0 atom stereocenters. The van der Waals surface area contributed by atoms with Crippen molar-refractivity contribution in [2.24, 2.45) is 0 Å². The van der Waals surface area contributed by atoms with Gasteiger partial charge in [-0.25, -0.2) is 4.98 Å². The minimum atomic E-state index is 0.195. The normalized spacial score (nSPS) is 13.8. The summed E-state index contributed by atoms with van der Waals surface area (Å²) in [5, 5.41) is 15.2. The Kier molecular flexibility index (Phi) is 8.46. The van der Waals surface area contributed by atoms with Gasteiger partial charge in [0.1, 0.15) is 11.6 Å². The number of phenols is 1. The monoisotopic (exact) mass is 507 g/mol. The number of likely N-dealkylation sites (N-methyl/N-ethyl adjacent to an activating group) is 1. The van der Waals surface area contributed by atoms with Crippen molar-refractivity contribution >= 4 is 29.5 Å². The van der Waals surface area contributed by atoms with Gasteiger partial charge in [-0.3, -0.25) is 4.79 Å². The van der Waals surface area contributed by atoms with Crippen molar-refractivity contribution in [2.75, 3.05) is 63.2 Å². The van der Waals surface area contributed by atoms with Crippen LogP contribution in [0.15, 0.2) is 48.5 Å². The number of halogens is 1. The molecule has 1 aliphatic heterocycles. The fraction of sp³-hybridized carbons (Fsp3) is 0.357. The molecule has 1 saturated heterocycles. The number of amides is 1. The quantitative estimate of drug-likeness (QED) is 0.421. The number of aromatic nitrogens is 1. The van der Waals surface area contributed by atoms with Crippen molar-refractivity contribution in [3.05, 3.63) is 59.2 Å². The molecule has 1 amide bonds. The minimum absolute atomic E-state index is 0.195. The van der Waals surface area contributed by atoms with Crippen LogP contribution >= 0.6 is 11.6 Å². The van der Waals surface area contributed by atoms with Crippen LogP contribution in [0.2, 0.25) is 5.02 Å². The molecule has 0 unspecified atom stereocenters. The van der Waals surface area contributed by atoms with Crippen LogP contribution in [0.5, 0.6) is 5.75 Å². The van der Waals surface area contributed by atoms with Crippen LogP contribution in [0.3, 0.4) is 0 Å². The molecule has 36 heavy (non-hydrogen) atoms. The van der Waals surface area contributed by atoms with Crippen molar-refractivity contribution in [3.8, 4) is 28.0 Å². The Balaban J connectivity index is 1.69. The highest BCUT2D eigenvalue weighted by atomic mass is 35.5. The Hall–Kier alpha value is -3.13. The summed E-state index contributed by atoms with van der Waals surface area (Å²) >= 11 is 6.61. The molecule has 2 N–H and O–H groups in total. The molecule has 0 aliphatic carbocycles. The molecular weight excluding hydrogens is 474 g/mol. The molecule has 2 aromatic carbocycles. The number of pyridine rings is 1. The molecule has 4 rings (SSSR count). The van der Waals surface area contributed by atoms with Gasteiger partial charge in [-0.15, -0.1) is 0 Å². The number of rotatable bonds is 9. The first-order valence-electron chi connectivity index (χ1n) is 12.4. The van der Waals surface area contributed by atoms with Crippen LogP contribution in [-0.2, 0) is 11.2 Å². The van der Waals surface area contributed by atoms with Gasteiger partial charge in [-0.1, -0.05) is 42.8 Å². The fourth-order valence-corrected chi connectivity index (χ4v) is 4.71. The number of carbonyl (C=O) groups is 1. The summed E-state index contributed by atoms with van der Waals surface area (Å²) in [5.74, 6) is 1.13. The molecule has 0 spiro atoms. The molecule has 190 valence electrons. The number of aromatic hydroxyl groups is 1. The Morgan fingerprint density at radius 1 is 1.06 bits per heavy atom. The van der Waals surface area contributed by atoms with E-state index in [1.807, 2.05) is 55.4 Å². The van der Waals surface area contributed by atoms with Crippen LogP contribution in [0, 0.1) is 0 Å². The highest BCUT2D eigenvalue weighted by molar-refractivity contribution is 6.34. The smallest absolute Gasteiger partial charge is 0.214 e. The first-order valence-corrected chi connectivity index (χ1v) is 12.7. The zero-order chi connectivity index (χ0) is 25.7. The minimum Gasteiger partial charge on any atom is -0.507 e. The molecule has 3 aromatic rings. The van der Waals surface area contributed by atoms with Gasteiger partial charge in [0.2, 0.25) is 6.41 Å². The SMILES string of the molecule is CCc1cc(-c2cccc(-c3ccc(N(C=O)CCN(C)C)c(Cl)c3)c2O)cc(N2CCNCC2)n1. The van der Waals surface area contributed by atoms with E-state index in [2.05, 4.69) is 23.2 Å². The molecular formula is C28H34ClN5O2. The van der Waals surface area contributed by atoms with Gasteiger partial charge in [0.25, 0.3) is 0 Å². The highest BCUT2D eigenvalue weighted by Gasteiger charge is 2.18. The standard InChI is InChI=1S/C28H34ClN5O2/c1-4-22-16-21(18-27(31-22)33-12-10-30-11-13-33)24-7-5-6-23(28(24)36)20-8-9-26(25(29)17-20)34(19-35)15-14-32(2)3/h5-9,16-19,30,36H,4,10-15H2,1-3H3. The third kappa shape index (κ3) is 5.81. The van der Waals surface area contributed by atoms with Crippen molar-refractivity contribution in [1.29, 1.82) is 0 Å². The number of hydrogen-bond donors (Lipinski definition) is 2. The Morgan fingerprint density at radius 3 is 2.42 bits per heavy atom. The number of hydrogen-bond acceptors (Lipinski definition) is 6. The van der Waals surface area contributed by atoms with Crippen LogP contribution in [-0.4, -0.2) is 74.8 Å². The number of carbonyl (C=O) groups excluding carboxylic acids is 1. The number of para-hydroxylation sites is 1. The number of nitrogens with zero attached hydrogens (tertiary/aromatic N) is 4. The van der Waals surface area contributed by atoms with Crippen LogP contribution in [0.25, 0.3) is 22.3 Å². The first kappa shape index (κ1) is 25.9. The van der Waals surface area contributed by atoms with Gasteiger partial charge < -0.3 is 25.1 Å². The third-order valence-electron chi connectivity index (χ3n) is 6.50. The van der Waals surface area contributed by atoms with Crippen LogP contribution in [0.4, 0.5) is 11.5 Å². The summed E-state index contributed by atoms with van der Waals surface area (Å²) in [7, 11) is 3.92. The van der Waals surface area contributed by atoms with Crippen LogP contribution in [0.1, 0.15) is 12.6 Å². The highest BCUT2D eigenvalue weighted by Crippen LogP contribution is 2.41. The molecule has 2 heterocycles. The second-order valence-corrected chi connectivity index (χ2v) is 9.67. The van der Waals surface area contributed by atoms with Gasteiger partial charge in [0, 0.05) is 56.1 Å². The topological polar surface area (TPSA) is 71.9 Å². The zero-order valence-corrected chi connectivity index (χ0v) is 21.9. The predicted molar refractivity (Wildman–Crippen MR) is 148 cm³/mol. The Bertz CT molecular complexity index is 1210. The van der Waals surface area contributed by atoms with E-state index in [0.717, 1.165) is 73.8 Å². The number of benzene rings is 2. The van der Waals surface area contributed by atoms with Crippen molar-refractivity contribution in [1.82, 2.24) is 15.2 Å². The summed E-state index contributed by atoms with van der Waals surface area (Å²) in [6.45, 7) is 7.03. The van der Waals surface area contributed by atoms with Gasteiger partial charge in [-0.05, 0) is 55.9 Å². The summed E-state index contributed by atoms with van der Waals surface area (Å²) in [5.41, 5.74) is 4.80. The van der Waals surface area contributed by atoms with E-state index in [0.29, 0.717) is 22.8 Å². The van der Waals surface area contributed by atoms with E-state index in [9.17, 15) is 9.90 Å². The Labute approximate surface area is 218 Å².